The highest BCUT2D eigenvalue weighted by Crippen LogP contribution is 2.34. The molecule has 0 unspecified atom stereocenters. The maximum Gasteiger partial charge on any atom is 0.416 e. The number of unbranched alkanes of at least 4 members (excludes halogenated alkanes) is 6. The summed E-state index contributed by atoms with van der Waals surface area (Å²) in [5.41, 5.74) is 4.74. The van der Waals surface area contributed by atoms with Crippen LogP contribution in [-0.2, 0) is 25.4 Å². The van der Waals surface area contributed by atoms with Crippen molar-refractivity contribution in [3.63, 3.8) is 0 Å². The lowest BCUT2D eigenvalue weighted by molar-refractivity contribution is -0.137. The summed E-state index contributed by atoms with van der Waals surface area (Å²) in [6.07, 6.45) is -1.64. The number of nitrogens with one attached hydrogen (secondary N) is 2. The summed E-state index contributed by atoms with van der Waals surface area (Å²) in [6, 6.07) is 33.4. The number of amidine groups is 1. The van der Waals surface area contributed by atoms with Crippen molar-refractivity contribution in [3.05, 3.63) is 143 Å². The molecule has 0 amide bonds. The van der Waals surface area contributed by atoms with Crippen LogP contribution in [0.4, 0.5) is 37.7 Å². The van der Waals surface area contributed by atoms with Gasteiger partial charge in [-0.3, -0.25) is 5.41 Å². The van der Waals surface area contributed by atoms with Crippen LogP contribution < -0.4 is 29.2 Å². The van der Waals surface area contributed by atoms with Crippen molar-refractivity contribution >= 4 is 17.2 Å². The fourth-order valence-electron chi connectivity index (χ4n) is 7.13. The quantitative estimate of drug-likeness (QED) is 0.0260. The minimum atomic E-state index is -4.40. The Morgan fingerprint density at radius 2 is 1.09 bits per heavy atom. The van der Waals surface area contributed by atoms with Crippen molar-refractivity contribution < 1.29 is 50.4 Å². The SMILES string of the molecule is COc1ccc(N(CCc2ccc(C(F)(F)F)cc2)C(=N)[C@@H](O)c2ccccc2)cc1OC.COc1ccc(NCCc2ccc(CCCCCCCCCC(F)(F)F)cc2)cc1OC. The number of alkyl halides is 6. The Morgan fingerprint density at radius 3 is 1.66 bits per heavy atom. The molecule has 0 radical (unpaired) electrons. The number of rotatable bonds is 23. The van der Waals surface area contributed by atoms with Crippen molar-refractivity contribution in [2.24, 2.45) is 0 Å². The molecule has 0 spiro atoms. The molecule has 3 N–H and O–H groups in total. The lowest BCUT2D eigenvalue weighted by Gasteiger charge is -2.29. The molecule has 352 valence electrons. The van der Waals surface area contributed by atoms with Gasteiger partial charge in [0.1, 0.15) is 11.9 Å². The number of benzene rings is 5. The second kappa shape index (κ2) is 26.2. The van der Waals surface area contributed by atoms with Crippen LogP contribution in [0.1, 0.15) is 85.3 Å². The van der Waals surface area contributed by atoms with Crippen molar-refractivity contribution in [3.8, 4) is 23.0 Å². The van der Waals surface area contributed by atoms with E-state index in [4.69, 9.17) is 24.4 Å². The number of nitrogens with zero attached hydrogens (tertiary/aromatic N) is 1. The van der Waals surface area contributed by atoms with Gasteiger partial charge in [0.2, 0.25) is 0 Å². The maximum absolute atomic E-state index is 12.9. The molecule has 5 aromatic rings. The van der Waals surface area contributed by atoms with Gasteiger partial charge in [-0.2, -0.15) is 26.3 Å². The fraction of sp³-hybridized carbons (Fsp3) is 0.392. The average molecular weight is 910 g/mol. The molecule has 14 heteroatoms. The monoisotopic (exact) mass is 909 g/mol. The Kier molecular flexibility index (Phi) is 20.8. The van der Waals surface area contributed by atoms with Crippen LogP contribution in [0, 0.1) is 5.41 Å². The first-order valence-corrected chi connectivity index (χ1v) is 21.7. The Bertz CT molecular complexity index is 2150. The van der Waals surface area contributed by atoms with E-state index in [2.05, 4.69) is 29.6 Å². The van der Waals surface area contributed by atoms with Crippen LogP contribution in [0.15, 0.2) is 115 Å². The van der Waals surface area contributed by atoms with E-state index in [1.807, 2.05) is 24.3 Å². The van der Waals surface area contributed by atoms with Gasteiger partial charge in [0.15, 0.2) is 23.0 Å². The summed E-state index contributed by atoms with van der Waals surface area (Å²) >= 11 is 0. The molecule has 1 atom stereocenters. The van der Waals surface area contributed by atoms with E-state index in [-0.39, 0.29) is 18.8 Å². The zero-order valence-corrected chi connectivity index (χ0v) is 37.5. The van der Waals surface area contributed by atoms with Gasteiger partial charge in [-0.05, 0) is 90.8 Å². The molecule has 0 saturated carbocycles. The summed E-state index contributed by atoms with van der Waals surface area (Å²) < 4.78 is 96.1. The second-order valence-electron chi connectivity index (χ2n) is 15.5. The Labute approximate surface area is 379 Å². The number of ether oxygens (including phenoxy) is 4. The van der Waals surface area contributed by atoms with Crippen LogP contribution >= 0.6 is 0 Å². The fourth-order valence-corrected chi connectivity index (χ4v) is 7.13. The third kappa shape index (κ3) is 17.5. The summed E-state index contributed by atoms with van der Waals surface area (Å²) in [7, 11) is 6.27. The predicted octanol–water partition coefficient (Wildman–Crippen LogP) is 13.1. The number of aliphatic hydroxyl groups is 1. The van der Waals surface area contributed by atoms with Crippen molar-refractivity contribution in [1.82, 2.24) is 0 Å². The van der Waals surface area contributed by atoms with Gasteiger partial charge in [0, 0.05) is 43.0 Å². The first-order chi connectivity index (χ1) is 31.1. The Balaban J connectivity index is 0.000000285. The van der Waals surface area contributed by atoms with E-state index in [1.165, 1.54) is 37.5 Å². The van der Waals surface area contributed by atoms with Crippen LogP contribution in [0.25, 0.3) is 0 Å². The molecule has 0 aliphatic carbocycles. The number of aliphatic hydroxyl groups excluding tert-OH is 1. The average Bonchev–Trinajstić information content (AvgIpc) is 3.31. The smallest absolute Gasteiger partial charge is 0.416 e. The molecule has 0 aliphatic heterocycles. The highest BCUT2D eigenvalue weighted by atomic mass is 19.4. The van der Waals surface area contributed by atoms with Gasteiger partial charge in [-0.25, -0.2) is 0 Å². The number of anilines is 2. The standard InChI is InChI=1S/C26H36F3NO2.C25H25F3N2O3/c1-31-24-16-15-23(20-25(24)32-2)30-19-17-22-13-11-21(12-14-22)10-8-6-4-3-5-7-9-18-26(27,28)29;1-32-21-13-12-20(16-22(21)33-2)30(24(29)23(31)18-6-4-3-5-7-18)15-14-17-8-10-19(11-9-17)25(26,27)28/h11-16,20,30H,3-10,17-19H2,1-2H3;3-13,16,23,29,31H,14-15H2,1-2H3/t;23-/m.0/s1. The molecule has 0 heterocycles. The maximum atomic E-state index is 12.9. The van der Waals surface area contributed by atoms with Gasteiger partial charge in [-0.15, -0.1) is 0 Å². The zero-order valence-electron chi connectivity index (χ0n) is 37.5. The third-order valence-corrected chi connectivity index (χ3v) is 10.8. The van der Waals surface area contributed by atoms with Gasteiger partial charge >= 0.3 is 12.4 Å². The Morgan fingerprint density at radius 1 is 0.585 bits per heavy atom. The van der Waals surface area contributed by atoms with Gasteiger partial charge < -0.3 is 34.3 Å². The minimum Gasteiger partial charge on any atom is -0.493 e. The highest BCUT2D eigenvalue weighted by molar-refractivity contribution is 5.99. The molecule has 0 aliphatic rings. The molecule has 8 nitrogen and oxygen atoms in total. The number of aryl methyl sites for hydroxylation is 1. The molecule has 5 aromatic carbocycles. The minimum absolute atomic E-state index is 0.0691. The molecular weight excluding hydrogens is 849 g/mol. The van der Waals surface area contributed by atoms with Crippen LogP contribution in [0.5, 0.6) is 23.0 Å². The number of hydrogen-bond acceptors (Lipinski definition) is 7. The normalized spacial score (nSPS) is 11.8. The van der Waals surface area contributed by atoms with Gasteiger partial charge in [0.05, 0.1) is 34.0 Å². The zero-order chi connectivity index (χ0) is 47.2. The van der Waals surface area contributed by atoms with E-state index in [1.54, 1.807) is 61.6 Å². The second-order valence-corrected chi connectivity index (χ2v) is 15.5. The largest absolute Gasteiger partial charge is 0.493 e. The number of methoxy groups -OCH3 is 4. The van der Waals surface area contributed by atoms with E-state index in [0.717, 1.165) is 75.1 Å². The van der Waals surface area contributed by atoms with Crippen molar-refractivity contribution in [2.75, 3.05) is 51.7 Å². The van der Waals surface area contributed by atoms with Crippen LogP contribution in [-0.4, -0.2) is 58.6 Å². The number of halogens is 6. The van der Waals surface area contributed by atoms with Gasteiger partial charge in [-0.1, -0.05) is 98.8 Å². The van der Waals surface area contributed by atoms with Gasteiger partial charge in [0.25, 0.3) is 0 Å². The molecule has 0 fully saturated rings. The molecule has 0 bridgehead atoms. The molecule has 5 rings (SSSR count). The van der Waals surface area contributed by atoms with Crippen molar-refractivity contribution in [1.29, 1.82) is 5.41 Å². The Hall–Kier alpha value is -5.89. The lowest BCUT2D eigenvalue weighted by Crippen LogP contribution is -2.36. The summed E-state index contributed by atoms with van der Waals surface area (Å²) in [5.74, 6) is 2.33. The lowest BCUT2D eigenvalue weighted by atomic mass is 10.0. The number of hydrogen-bond donors (Lipinski definition) is 3. The van der Waals surface area contributed by atoms with Crippen LogP contribution in [0.2, 0.25) is 0 Å². The summed E-state index contributed by atoms with van der Waals surface area (Å²) in [6.45, 7) is 1.08. The van der Waals surface area contributed by atoms with E-state index in [0.29, 0.717) is 46.9 Å². The summed E-state index contributed by atoms with van der Waals surface area (Å²) in [4.78, 5) is 1.61. The topological polar surface area (TPSA) is 96.3 Å². The molecule has 0 saturated heterocycles. The van der Waals surface area contributed by atoms with E-state index < -0.39 is 30.4 Å². The predicted molar refractivity (Wildman–Crippen MR) is 246 cm³/mol. The van der Waals surface area contributed by atoms with E-state index >= 15 is 0 Å². The van der Waals surface area contributed by atoms with Crippen molar-refractivity contribution in [2.45, 2.75) is 89.1 Å². The first-order valence-electron chi connectivity index (χ1n) is 21.7. The first kappa shape index (κ1) is 51.7. The highest BCUT2D eigenvalue weighted by Gasteiger charge is 2.30. The summed E-state index contributed by atoms with van der Waals surface area (Å²) in [5, 5.41) is 22.9. The molecule has 65 heavy (non-hydrogen) atoms. The third-order valence-electron chi connectivity index (χ3n) is 10.8. The van der Waals surface area contributed by atoms with Crippen LogP contribution in [0.3, 0.4) is 0 Å². The molecule has 0 aromatic heterocycles. The molecular formula is C51H61F6N3O5. The van der Waals surface area contributed by atoms with E-state index in [9.17, 15) is 31.4 Å².